The van der Waals surface area contributed by atoms with E-state index in [4.69, 9.17) is 4.98 Å². The summed E-state index contributed by atoms with van der Waals surface area (Å²) >= 11 is 3.37. The molecule has 4 rings (SSSR count). The number of benzene rings is 1. The lowest BCUT2D eigenvalue weighted by Crippen LogP contribution is -2.14. The number of fused-ring (bicyclic) bond motifs is 1. The molecule has 0 unspecified atom stereocenters. The largest absolute Gasteiger partial charge is 0.326 e. The van der Waals surface area contributed by atoms with E-state index in [1.54, 1.807) is 29.3 Å². The van der Waals surface area contributed by atoms with Crippen LogP contribution in [0.3, 0.4) is 0 Å². The highest BCUT2D eigenvalue weighted by molar-refractivity contribution is 7.98. The number of pyridine rings is 1. The number of hydrogen-bond acceptors (Lipinski definition) is 5. The van der Waals surface area contributed by atoms with Gasteiger partial charge in [-0.05, 0) is 48.0 Å². The first kappa shape index (κ1) is 18.7. The van der Waals surface area contributed by atoms with Crippen LogP contribution in [-0.2, 0) is 17.8 Å². The zero-order valence-electron chi connectivity index (χ0n) is 15.5. The summed E-state index contributed by atoms with van der Waals surface area (Å²) in [6.45, 7) is 0.720. The van der Waals surface area contributed by atoms with E-state index in [0.29, 0.717) is 12.8 Å². The number of imidazole rings is 1. The fraction of sp³-hybridized carbons (Fsp3) is 0.190. The minimum Gasteiger partial charge on any atom is -0.326 e. The van der Waals surface area contributed by atoms with E-state index in [2.05, 4.69) is 26.3 Å². The number of nitrogens with one attached hydrogen (secondary N) is 1. The third-order valence-electron chi connectivity index (χ3n) is 4.41. The molecule has 5 nitrogen and oxygen atoms in total. The molecule has 1 N–H and O–H groups in total. The van der Waals surface area contributed by atoms with Crippen molar-refractivity contribution in [1.82, 2.24) is 14.5 Å². The molecule has 0 bridgehead atoms. The second-order valence-corrected chi connectivity index (χ2v) is 8.23. The standard InChI is InChI=1S/C21H20N4OS2/c1-27-16-6-2-5-15(13-16)23-20(26)10-9-19-24-18-8-3-11-22-21(18)25(19)14-17-7-4-12-28-17/h2-8,11-13H,9-10,14H2,1H3,(H,23,26). The van der Waals surface area contributed by atoms with Crippen molar-refractivity contribution < 1.29 is 4.79 Å². The van der Waals surface area contributed by atoms with Crippen molar-refractivity contribution in [3.63, 3.8) is 0 Å². The van der Waals surface area contributed by atoms with Crippen LogP contribution in [0.4, 0.5) is 5.69 Å². The predicted octanol–water partition coefficient (Wildman–Crippen LogP) is 4.83. The maximum absolute atomic E-state index is 12.5. The molecule has 7 heteroatoms. The quantitative estimate of drug-likeness (QED) is 0.445. The number of anilines is 1. The van der Waals surface area contributed by atoms with Gasteiger partial charge in [-0.3, -0.25) is 4.79 Å². The van der Waals surface area contributed by atoms with Crippen molar-refractivity contribution in [2.24, 2.45) is 0 Å². The van der Waals surface area contributed by atoms with E-state index < -0.39 is 0 Å². The van der Waals surface area contributed by atoms with Crippen molar-refractivity contribution in [2.45, 2.75) is 24.3 Å². The number of aryl methyl sites for hydroxylation is 1. The molecule has 0 saturated heterocycles. The summed E-state index contributed by atoms with van der Waals surface area (Å²) in [6, 6.07) is 15.9. The molecule has 1 aromatic carbocycles. The van der Waals surface area contributed by atoms with Gasteiger partial charge in [0.2, 0.25) is 5.91 Å². The second-order valence-electron chi connectivity index (χ2n) is 6.32. The average Bonchev–Trinajstić information content (AvgIpc) is 3.35. The molecule has 142 valence electrons. The number of aromatic nitrogens is 3. The Kier molecular flexibility index (Phi) is 5.73. The molecule has 1 amide bonds. The predicted molar refractivity (Wildman–Crippen MR) is 116 cm³/mol. The van der Waals surface area contributed by atoms with Crippen LogP contribution in [0.2, 0.25) is 0 Å². The lowest BCUT2D eigenvalue weighted by Gasteiger charge is -2.09. The highest BCUT2D eigenvalue weighted by Crippen LogP contribution is 2.21. The zero-order chi connectivity index (χ0) is 19.3. The van der Waals surface area contributed by atoms with Gasteiger partial charge in [0.1, 0.15) is 11.3 Å². The van der Waals surface area contributed by atoms with Crippen molar-refractivity contribution in [3.05, 3.63) is 70.8 Å². The summed E-state index contributed by atoms with van der Waals surface area (Å²) in [7, 11) is 0. The smallest absolute Gasteiger partial charge is 0.224 e. The number of carbonyl (C=O) groups is 1. The van der Waals surface area contributed by atoms with Crippen LogP contribution in [0.25, 0.3) is 11.2 Å². The Morgan fingerprint density at radius 2 is 2.14 bits per heavy atom. The van der Waals surface area contributed by atoms with E-state index in [1.807, 2.05) is 48.7 Å². The second kappa shape index (κ2) is 8.58. The van der Waals surface area contributed by atoms with Gasteiger partial charge >= 0.3 is 0 Å². The number of thioether (sulfide) groups is 1. The summed E-state index contributed by atoms with van der Waals surface area (Å²) in [5, 5.41) is 5.05. The normalized spacial score (nSPS) is 11.0. The molecule has 0 radical (unpaired) electrons. The van der Waals surface area contributed by atoms with Gasteiger partial charge < -0.3 is 9.88 Å². The van der Waals surface area contributed by atoms with Crippen molar-refractivity contribution in [2.75, 3.05) is 11.6 Å². The maximum Gasteiger partial charge on any atom is 0.224 e. The van der Waals surface area contributed by atoms with Crippen LogP contribution in [-0.4, -0.2) is 26.7 Å². The van der Waals surface area contributed by atoms with E-state index in [9.17, 15) is 4.79 Å². The third-order valence-corrected chi connectivity index (χ3v) is 5.99. The Labute approximate surface area is 171 Å². The summed E-state index contributed by atoms with van der Waals surface area (Å²) < 4.78 is 2.11. The molecule has 0 aliphatic heterocycles. The van der Waals surface area contributed by atoms with E-state index in [1.165, 1.54) is 4.88 Å². The number of thiophene rings is 1. The van der Waals surface area contributed by atoms with Crippen LogP contribution >= 0.6 is 23.1 Å². The summed E-state index contributed by atoms with van der Waals surface area (Å²) in [5.41, 5.74) is 2.55. The topological polar surface area (TPSA) is 59.8 Å². The third kappa shape index (κ3) is 4.26. The molecular weight excluding hydrogens is 388 g/mol. The Bertz CT molecular complexity index is 1090. The maximum atomic E-state index is 12.5. The molecule has 0 saturated carbocycles. The number of hydrogen-bond donors (Lipinski definition) is 1. The highest BCUT2D eigenvalue weighted by atomic mass is 32.2. The fourth-order valence-corrected chi connectivity index (χ4v) is 4.22. The van der Waals surface area contributed by atoms with Crippen LogP contribution < -0.4 is 5.32 Å². The first-order valence-corrected chi connectivity index (χ1v) is 11.1. The van der Waals surface area contributed by atoms with E-state index in [-0.39, 0.29) is 5.91 Å². The number of nitrogens with zero attached hydrogens (tertiary/aromatic N) is 3. The van der Waals surface area contributed by atoms with Crippen LogP contribution in [0, 0.1) is 0 Å². The number of amides is 1. The van der Waals surface area contributed by atoms with E-state index >= 15 is 0 Å². The van der Waals surface area contributed by atoms with Gasteiger partial charge in [0.25, 0.3) is 0 Å². The van der Waals surface area contributed by atoms with Gasteiger partial charge in [-0.2, -0.15) is 0 Å². The molecule has 3 heterocycles. The van der Waals surface area contributed by atoms with Crippen LogP contribution in [0.1, 0.15) is 17.1 Å². The monoisotopic (exact) mass is 408 g/mol. The molecule has 28 heavy (non-hydrogen) atoms. The van der Waals surface area contributed by atoms with Gasteiger partial charge in [-0.1, -0.05) is 12.1 Å². The minimum absolute atomic E-state index is 0.0130. The molecular formula is C21H20N4OS2. The Morgan fingerprint density at radius 3 is 2.96 bits per heavy atom. The number of carbonyl (C=O) groups excluding carboxylic acids is 1. The van der Waals surface area contributed by atoms with Crippen molar-refractivity contribution in [1.29, 1.82) is 0 Å². The lowest BCUT2D eigenvalue weighted by atomic mass is 10.2. The first-order valence-electron chi connectivity index (χ1n) is 8.99. The number of rotatable bonds is 7. The van der Waals surface area contributed by atoms with Crippen molar-refractivity contribution >= 4 is 45.9 Å². The molecule has 3 aromatic heterocycles. The molecule has 0 aliphatic carbocycles. The van der Waals surface area contributed by atoms with Gasteiger partial charge in [0.15, 0.2) is 5.65 Å². The summed E-state index contributed by atoms with van der Waals surface area (Å²) in [4.78, 5) is 24.0. The average molecular weight is 409 g/mol. The Hall–Kier alpha value is -2.64. The zero-order valence-corrected chi connectivity index (χ0v) is 17.1. The highest BCUT2D eigenvalue weighted by Gasteiger charge is 2.14. The molecule has 0 aliphatic rings. The van der Waals surface area contributed by atoms with Gasteiger partial charge in [0, 0.05) is 34.5 Å². The summed E-state index contributed by atoms with van der Waals surface area (Å²) in [6.07, 6.45) is 4.74. The van der Waals surface area contributed by atoms with Gasteiger partial charge in [-0.15, -0.1) is 23.1 Å². The van der Waals surface area contributed by atoms with Crippen molar-refractivity contribution in [3.8, 4) is 0 Å². The summed E-state index contributed by atoms with van der Waals surface area (Å²) in [5.74, 6) is 0.871. The molecule has 0 spiro atoms. The molecule has 0 atom stereocenters. The molecule has 0 fully saturated rings. The Morgan fingerprint density at radius 1 is 1.21 bits per heavy atom. The fourth-order valence-electron chi connectivity index (χ4n) is 3.07. The lowest BCUT2D eigenvalue weighted by molar-refractivity contribution is -0.116. The molecule has 4 aromatic rings. The van der Waals surface area contributed by atoms with Crippen LogP contribution in [0.5, 0.6) is 0 Å². The van der Waals surface area contributed by atoms with Gasteiger partial charge in [-0.25, -0.2) is 9.97 Å². The SMILES string of the molecule is CSc1cccc(NC(=O)CCc2nc3cccnc3n2Cc2cccs2)c1. The van der Waals surface area contributed by atoms with E-state index in [0.717, 1.165) is 34.1 Å². The Balaban J connectivity index is 1.50. The van der Waals surface area contributed by atoms with Gasteiger partial charge in [0.05, 0.1) is 6.54 Å². The minimum atomic E-state index is -0.0130. The first-order chi connectivity index (χ1) is 13.7. The van der Waals surface area contributed by atoms with Crippen LogP contribution in [0.15, 0.2) is 65.0 Å².